The Hall–Kier alpha value is -1.31. The van der Waals surface area contributed by atoms with Gasteiger partial charge < -0.3 is 4.90 Å². The summed E-state index contributed by atoms with van der Waals surface area (Å²) in [5, 5.41) is 8.51. The van der Waals surface area contributed by atoms with Gasteiger partial charge in [0.2, 0.25) is 0 Å². The SMILES string of the molecule is CCN(CC)C(=N)C1(c2ccccc2)CCC1. The highest BCUT2D eigenvalue weighted by Crippen LogP contribution is 2.45. The van der Waals surface area contributed by atoms with E-state index in [2.05, 4.69) is 49.1 Å². The van der Waals surface area contributed by atoms with Crippen LogP contribution in [0.2, 0.25) is 0 Å². The smallest absolute Gasteiger partial charge is 0.107 e. The Kier molecular flexibility index (Phi) is 3.51. The number of hydrogen-bond acceptors (Lipinski definition) is 1. The zero-order chi connectivity index (χ0) is 12.3. The molecule has 0 spiro atoms. The Balaban J connectivity index is 2.29. The summed E-state index contributed by atoms with van der Waals surface area (Å²) in [7, 11) is 0. The van der Waals surface area contributed by atoms with Gasteiger partial charge in [0, 0.05) is 13.1 Å². The van der Waals surface area contributed by atoms with Crippen molar-refractivity contribution in [2.45, 2.75) is 38.5 Å². The first kappa shape index (κ1) is 12.2. The van der Waals surface area contributed by atoms with Crippen LogP contribution in [0, 0.1) is 5.41 Å². The Morgan fingerprint density at radius 1 is 1.18 bits per heavy atom. The molecular weight excluding hydrogens is 208 g/mol. The summed E-state index contributed by atoms with van der Waals surface area (Å²) < 4.78 is 0. The fraction of sp³-hybridized carbons (Fsp3) is 0.533. The van der Waals surface area contributed by atoms with Gasteiger partial charge >= 0.3 is 0 Å². The molecule has 0 aliphatic heterocycles. The molecule has 0 bridgehead atoms. The van der Waals surface area contributed by atoms with E-state index in [1.807, 2.05) is 0 Å². The van der Waals surface area contributed by atoms with E-state index in [9.17, 15) is 0 Å². The minimum absolute atomic E-state index is 0.00722. The summed E-state index contributed by atoms with van der Waals surface area (Å²) in [6.45, 7) is 6.14. The molecule has 1 aromatic carbocycles. The van der Waals surface area contributed by atoms with Crippen LogP contribution in [-0.2, 0) is 5.41 Å². The maximum atomic E-state index is 8.51. The highest BCUT2D eigenvalue weighted by Gasteiger charge is 2.44. The van der Waals surface area contributed by atoms with Crippen molar-refractivity contribution < 1.29 is 0 Å². The summed E-state index contributed by atoms with van der Waals surface area (Å²) >= 11 is 0. The normalized spacial score (nSPS) is 17.3. The van der Waals surface area contributed by atoms with Gasteiger partial charge in [-0.2, -0.15) is 0 Å². The molecule has 0 unspecified atom stereocenters. The first-order valence-electron chi connectivity index (χ1n) is 6.64. The van der Waals surface area contributed by atoms with E-state index in [-0.39, 0.29) is 5.41 Å². The third kappa shape index (κ3) is 1.97. The van der Waals surface area contributed by atoms with Crippen LogP contribution in [0.5, 0.6) is 0 Å². The third-order valence-corrected chi connectivity index (χ3v) is 4.07. The van der Waals surface area contributed by atoms with Gasteiger partial charge in [-0.15, -0.1) is 0 Å². The summed E-state index contributed by atoms with van der Waals surface area (Å²) in [5.74, 6) is 0.819. The molecule has 0 radical (unpaired) electrons. The van der Waals surface area contributed by atoms with Crippen LogP contribution in [0.15, 0.2) is 30.3 Å². The van der Waals surface area contributed by atoms with Crippen LogP contribution in [0.3, 0.4) is 0 Å². The number of hydrogen-bond donors (Lipinski definition) is 1. The Labute approximate surface area is 104 Å². The van der Waals surface area contributed by atoms with Crippen molar-refractivity contribution in [3.8, 4) is 0 Å². The molecule has 1 aliphatic rings. The molecule has 1 aliphatic carbocycles. The van der Waals surface area contributed by atoms with Crippen molar-refractivity contribution in [1.82, 2.24) is 4.90 Å². The standard InChI is InChI=1S/C15H22N2/c1-3-17(4-2)14(16)15(11-8-12-15)13-9-6-5-7-10-13/h5-7,9-10,16H,3-4,8,11-12H2,1-2H3. The fourth-order valence-corrected chi connectivity index (χ4v) is 2.79. The number of likely N-dealkylation sites (N-methyl/N-ethyl adjacent to an activating group) is 1. The van der Waals surface area contributed by atoms with Crippen molar-refractivity contribution in [1.29, 1.82) is 5.41 Å². The first-order valence-corrected chi connectivity index (χ1v) is 6.64. The van der Waals surface area contributed by atoms with Crippen LogP contribution >= 0.6 is 0 Å². The molecule has 92 valence electrons. The van der Waals surface area contributed by atoms with Crippen molar-refractivity contribution >= 4 is 5.84 Å². The predicted molar refractivity (Wildman–Crippen MR) is 72.6 cm³/mol. The first-order chi connectivity index (χ1) is 8.24. The number of nitrogens with one attached hydrogen (secondary N) is 1. The Morgan fingerprint density at radius 2 is 1.76 bits per heavy atom. The highest BCUT2D eigenvalue weighted by molar-refractivity contribution is 5.91. The third-order valence-electron chi connectivity index (χ3n) is 4.07. The minimum atomic E-state index is 0.00722. The van der Waals surface area contributed by atoms with Gasteiger partial charge in [0.25, 0.3) is 0 Å². The number of amidine groups is 1. The van der Waals surface area contributed by atoms with Gasteiger partial charge in [0.15, 0.2) is 0 Å². The maximum absolute atomic E-state index is 8.51. The molecule has 0 saturated heterocycles. The number of nitrogens with zero attached hydrogens (tertiary/aromatic N) is 1. The van der Waals surface area contributed by atoms with Crippen molar-refractivity contribution in [2.75, 3.05) is 13.1 Å². The van der Waals surface area contributed by atoms with E-state index in [1.54, 1.807) is 0 Å². The monoisotopic (exact) mass is 230 g/mol. The van der Waals surface area contributed by atoms with Crippen molar-refractivity contribution in [3.05, 3.63) is 35.9 Å². The molecule has 1 fully saturated rings. The van der Waals surface area contributed by atoms with Gasteiger partial charge in [-0.25, -0.2) is 0 Å². The zero-order valence-corrected chi connectivity index (χ0v) is 10.9. The molecule has 1 N–H and O–H groups in total. The molecule has 2 heteroatoms. The largest absolute Gasteiger partial charge is 0.360 e. The molecule has 0 aromatic heterocycles. The molecular formula is C15H22N2. The summed E-state index contributed by atoms with van der Waals surface area (Å²) in [6, 6.07) is 10.6. The van der Waals surface area contributed by atoms with Gasteiger partial charge in [-0.1, -0.05) is 36.8 Å². The summed E-state index contributed by atoms with van der Waals surface area (Å²) in [6.07, 6.45) is 3.51. The van der Waals surface area contributed by atoms with Gasteiger partial charge in [0.1, 0.15) is 5.84 Å². The van der Waals surface area contributed by atoms with Crippen LogP contribution in [0.1, 0.15) is 38.7 Å². The lowest BCUT2D eigenvalue weighted by Crippen LogP contribution is -2.50. The number of rotatable bonds is 4. The van der Waals surface area contributed by atoms with Crippen LogP contribution < -0.4 is 0 Å². The van der Waals surface area contributed by atoms with Crippen molar-refractivity contribution in [2.24, 2.45) is 0 Å². The molecule has 0 heterocycles. The van der Waals surface area contributed by atoms with Gasteiger partial charge in [0.05, 0.1) is 5.41 Å². The van der Waals surface area contributed by atoms with E-state index >= 15 is 0 Å². The summed E-state index contributed by atoms with van der Waals surface area (Å²) in [5.41, 5.74) is 1.33. The number of benzene rings is 1. The predicted octanol–water partition coefficient (Wildman–Crippen LogP) is 3.43. The molecule has 1 aromatic rings. The molecule has 2 rings (SSSR count). The van der Waals surface area contributed by atoms with Crippen LogP contribution in [0.25, 0.3) is 0 Å². The Morgan fingerprint density at radius 3 is 2.18 bits per heavy atom. The second-order valence-electron chi connectivity index (χ2n) is 4.82. The minimum Gasteiger partial charge on any atom is -0.360 e. The second kappa shape index (κ2) is 4.91. The van der Waals surface area contributed by atoms with Crippen LogP contribution in [-0.4, -0.2) is 23.8 Å². The van der Waals surface area contributed by atoms with E-state index in [4.69, 9.17) is 5.41 Å². The Bertz CT molecular complexity index is 375. The quantitative estimate of drug-likeness (QED) is 0.622. The zero-order valence-electron chi connectivity index (χ0n) is 10.9. The van der Waals surface area contributed by atoms with E-state index in [0.29, 0.717) is 0 Å². The van der Waals surface area contributed by atoms with Gasteiger partial charge in [-0.05, 0) is 32.3 Å². The van der Waals surface area contributed by atoms with E-state index < -0.39 is 0 Å². The fourth-order valence-electron chi connectivity index (χ4n) is 2.79. The molecule has 2 nitrogen and oxygen atoms in total. The molecule has 0 amide bonds. The van der Waals surface area contributed by atoms with Gasteiger partial charge in [-0.3, -0.25) is 5.41 Å². The lowest BCUT2D eigenvalue weighted by molar-refractivity contribution is 0.293. The van der Waals surface area contributed by atoms with E-state index in [1.165, 1.54) is 12.0 Å². The van der Waals surface area contributed by atoms with E-state index in [0.717, 1.165) is 31.8 Å². The molecule has 0 atom stereocenters. The topological polar surface area (TPSA) is 27.1 Å². The average Bonchev–Trinajstić information content (AvgIpc) is 2.31. The lowest BCUT2D eigenvalue weighted by atomic mass is 9.63. The average molecular weight is 230 g/mol. The van der Waals surface area contributed by atoms with Crippen LogP contribution in [0.4, 0.5) is 0 Å². The van der Waals surface area contributed by atoms with Crippen molar-refractivity contribution in [3.63, 3.8) is 0 Å². The second-order valence-corrected chi connectivity index (χ2v) is 4.82. The highest BCUT2D eigenvalue weighted by atomic mass is 15.2. The molecule has 1 saturated carbocycles. The molecule has 17 heavy (non-hydrogen) atoms. The lowest BCUT2D eigenvalue weighted by Gasteiger charge is -2.46. The maximum Gasteiger partial charge on any atom is 0.107 e. The summed E-state index contributed by atoms with van der Waals surface area (Å²) in [4.78, 5) is 2.19.